The summed E-state index contributed by atoms with van der Waals surface area (Å²) in [5.41, 5.74) is -0.0830. The molecule has 0 amide bonds. The fraction of sp³-hybridized carbons (Fsp3) is 0.125. The van der Waals surface area contributed by atoms with E-state index in [9.17, 15) is 4.79 Å². The van der Waals surface area contributed by atoms with E-state index in [1.54, 1.807) is 23.9 Å². The number of hydrogen-bond acceptors (Lipinski definition) is 3. The Kier molecular flexibility index (Phi) is 3.72. The van der Waals surface area contributed by atoms with Crippen molar-refractivity contribution in [3.05, 3.63) is 60.9 Å². The van der Waals surface area contributed by atoms with Crippen molar-refractivity contribution in [3.63, 3.8) is 0 Å². The molecule has 100 valence electrons. The minimum absolute atomic E-state index is 0.192. The van der Waals surface area contributed by atoms with Gasteiger partial charge in [-0.15, -0.1) is 6.42 Å². The Morgan fingerprint density at radius 2 is 2.15 bits per heavy atom. The second-order valence-electron chi connectivity index (χ2n) is 4.33. The van der Waals surface area contributed by atoms with Crippen LogP contribution in [0.4, 0.5) is 0 Å². The number of ether oxygens (including phenoxy) is 1. The Morgan fingerprint density at radius 3 is 2.75 bits per heavy atom. The largest absolute Gasteiger partial charge is 0.438 e. The van der Waals surface area contributed by atoms with E-state index in [4.69, 9.17) is 11.2 Å². The minimum Gasteiger partial charge on any atom is -0.438 e. The highest BCUT2D eigenvalue weighted by atomic mass is 16.6. The lowest BCUT2D eigenvalue weighted by Crippen LogP contribution is -2.27. The Balaban J connectivity index is 2.20. The summed E-state index contributed by atoms with van der Waals surface area (Å²) in [7, 11) is 0. The zero-order chi connectivity index (χ0) is 14.6. The average Bonchev–Trinajstić information content (AvgIpc) is 2.98. The molecule has 0 saturated heterocycles. The smallest absolute Gasteiger partial charge is 0.360 e. The third-order valence-electron chi connectivity index (χ3n) is 2.80. The van der Waals surface area contributed by atoms with Gasteiger partial charge in [0.2, 0.25) is 0 Å². The van der Waals surface area contributed by atoms with Gasteiger partial charge in [0.1, 0.15) is 0 Å². The molecular weight excluding hydrogens is 252 g/mol. The number of carbonyl (C=O) groups is 1. The molecule has 0 aliphatic rings. The van der Waals surface area contributed by atoms with Crippen LogP contribution in [0.5, 0.6) is 0 Å². The van der Waals surface area contributed by atoms with Gasteiger partial charge < -0.3 is 4.74 Å². The Bertz CT molecular complexity index is 667. The lowest BCUT2D eigenvalue weighted by atomic mass is 10.1. The third kappa shape index (κ3) is 2.78. The average molecular weight is 266 g/mol. The zero-order valence-electron chi connectivity index (χ0n) is 11.1. The molecule has 0 bridgehead atoms. The summed E-state index contributed by atoms with van der Waals surface area (Å²) in [6.07, 6.45) is 8.41. The molecule has 0 radical (unpaired) electrons. The molecule has 20 heavy (non-hydrogen) atoms. The highest BCUT2D eigenvalue weighted by molar-refractivity contribution is 5.87. The second kappa shape index (κ2) is 5.45. The number of carbonyl (C=O) groups excluding carboxylic acids is 1. The van der Waals surface area contributed by atoms with Gasteiger partial charge in [0.15, 0.2) is 11.3 Å². The molecular formula is C16H14N2O2. The number of hydrogen-bond donors (Lipinski definition) is 0. The SMILES string of the molecule is C#C[C@@](C)(C=C)OC(=O)c1ccn(-c2ccccc2)n1. The highest BCUT2D eigenvalue weighted by Gasteiger charge is 2.24. The van der Waals surface area contributed by atoms with E-state index in [-0.39, 0.29) is 5.69 Å². The number of rotatable bonds is 4. The van der Waals surface area contributed by atoms with Gasteiger partial charge in [-0.2, -0.15) is 5.10 Å². The fourth-order valence-electron chi connectivity index (χ4n) is 1.53. The van der Waals surface area contributed by atoms with Crippen LogP contribution in [-0.2, 0) is 4.74 Å². The van der Waals surface area contributed by atoms with Gasteiger partial charge in [0.05, 0.1) is 5.69 Å². The number of benzene rings is 1. The summed E-state index contributed by atoms with van der Waals surface area (Å²) >= 11 is 0. The zero-order valence-corrected chi connectivity index (χ0v) is 11.1. The number of esters is 1. The monoisotopic (exact) mass is 266 g/mol. The van der Waals surface area contributed by atoms with Crippen molar-refractivity contribution in [2.24, 2.45) is 0 Å². The van der Waals surface area contributed by atoms with Gasteiger partial charge in [-0.25, -0.2) is 9.48 Å². The van der Waals surface area contributed by atoms with Gasteiger partial charge in [-0.05, 0) is 31.2 Å². The minimum atomic E-state index is -1.13. The first-order chi connectivity index (χ1) is 9.58. The first kappa shape index (κ1) is 13.6. The van der Waals surface area contributed by atoms with Gasteiger partial charge >= 0.3 is 5.97 Å². The summed E-state index contributed by atoms with van der Waals surface area (Å²) in [4.78, 5) is 12.0. The molecule has 1 aromatic heterocycles. The van der Waals surface area contributed by atoms with E-state index in [1.165, 1.54) is 6.08 Å². The topological polar surface area (TPSA) is 44.1 Å². The van der Waals surface area contributed by atoms with Crippen LogP contribution in [0.15, 0.2) is 55.3 Å². The molecule has 0 aliphatic carbocycles. The second-order valence-corrected chi connectivity index (χ2v) is 4.33. The lowest BCUT2D eigenvalue weighted by molar-refractivity contribution is 0.0276. The van der Waals surface area contributed by atoms with Gasteiger partial charge in [-0.1, -0.05) is 30.7 Å². The van der Waals surface area contributed by atoms with Crippen molar-refractivity contribution in [3.8, 4) is 18.0 Å². The summed E-state index contributed by atoms with van der Waals surface area (Å²) < 4.78 is 6.80. The fourth-order valence-corrected chi connectivity index (χ4v) is 1.53. The van der Waals surface area contributed by atoms with E-state index in [0.717, 1.165) is 5.69 Å². The van der Waals surface area contributed by atoms with E-state index < -0.39 is 11.6 Å². The number of aromatic nitrogens is 2. The molecule has 0 unspecified atom stereocenters. The molecule has 2 rings (SSSR count). The molecule has 0 N–H and O–H groups in total. The van der Waals surface area contributed by atoms with Crippen LogP contribution in [0, 0.1) is 12.3 Å². The van der Waals surface area contributed by atoms with Crippen molar-refractivity contribution in [1.29, 1.82) is 0 Å². The molecule has 1 atom stereocenters. The van der Waals surface area contributed by atoms with E-state index in [2.05, 4.69) is 17.6 Å². The molecule has 4 nitrogen and oxygen atoms in total. The van der Waals surface area contributed by atoms with Crippen molar-refractivity contribution in [2.75, 3.05) is 0 Å². The summed E-state index contributed by atoms with van der Waals surface area (Å²) in [6.45, 7) is 5.15. The van der Waals surface area contributed by atoms with Gasteiger partial charge in [0, 0.05) is 6.20 Å². The van der Waals surface area contributed by atoms with Crippen LogP contribution in [-0.4, -0.2) is 21.4 Å². The Morgan fingerprint density at radius 1 is 1.45 bits per heavy atom. The van der Waals surface area contributed by atoms with Gasteiger partial charge in [0.25, 0.3) is 0 Å². The Hall–Kier alpha value is -2.80. The van der Waals surface area contributed by atoms with Crippen LogP contribution < -0.4 is 0 Å². The van der Waals surface area contributed by atoms with E-state index in [0.29, 0.717) is 0 Å². The summed E-state index contributed by atoms with van der Waals surface area (Å²) in [5.74, 6) is 1.79. The standard InChI is InChI=1S/C16H14N2O2/c1-4-16(3,5-2)20-15(19)14-11-12-18(17-14)13-9-7-6-8-10-13/h1,5-12H,2H2,3H3/t16-/m0/s1. The van der Waals surface area contributed by atoms with Crippen molar-refractivity contribution >= 4 is 5.97 Å². The van der Waals surface area contributed by atoms with Crippen LogP contribution in [0.2, 0.25) is 0 Å². The molecule has 0 spiro atoms. The van der Waals surface area contributed by atoms with Crippen LogP contribution in [0.3, 0.4) is 0 Å². The van der Waals surface area contributed by atoms with E-state index >= 15 is 0 Å². The molecule has 0 fully saturated rings. The van der Waals surface area contributed by atoms with Crippen LogP contribution in [0.25, 0.3) is 5.69 Å². The van der Waals surface area contributed by atoms with Crippen molar-refractivity contribution in [2.45, 2.75) is 12.5 Å². The highest BCUT2D eigenvalue weighted by Crippen LogP contribution is 2.14. The number of para-hydroxylation sites is 1. The van der Waals surface area contributed by atoms with Crippen molar-refractivity contribution < 1.29 is 9.53 Å². The predicted molar refractivity (Wildman–Crippen MR) is 76.4 cm³/mol. The molecule has 2 aromatic rings. The molecule has 1 aromatic carbocycles. The molecule has 0 aliphatic heterocycles. The summed E-state index contributed by atoms with van der Waals surface area (Å²) in [6, 6.07) is 11.0. The maximum atomic E-state index is 12.0. The third-order valence-corrected chi connectivity index (χ3v) is 2.80. The maximum absolute atomic E-state index is 12.0. The summed E-state index contributed by atoms with van der Waals surface area (Å²) in [5, 5.41) is 4.17. The van der Waals surface area contributed by atoms with Gasteiger partial charge in [-0.3, -0.25) is 0 Å². The maximum Gasteiger partial charge on any atom is 0.360 e. The lowest BCUT2D eigenvalue weighted by Gasteiger charge is -2.18. The first-order valence-corrected chi connectivity index (χ1v) is 6.04. The quantitative estimate of drug-likeness (QED) is 0.485. The van der Waals surface area contributed by atoms with Crippen LogP contribution >= 0.6 is 0 Å². The van der Waals surface area contributed by atoms with Crippen molar-refractivity contribution in [1.82, 2.24) is 9.78 Å². The van der Waals surface area contributed by atoms with E-state index in [1.807, 2.05) is 30.3 Å². The van der Waals surface area contributed by atoms with Crippen LogP contribution in [0.1, 0.15) is 17.4 Å². The first-order valence-electron chi connectivity index (χ1n) is 6.04. The number of terminal acetylenes is 1. The number of nitrogens with zero attached hydrogens (tertiary/aromatic N) is 2. The molecule has 1 heterocycles. The predicted octanol–water partition coefficient (Wildman–Crippen LogP) is 2.61. The molecule has 0 saturated carbocycles. The normalized spacial score (nSPS) is 13.0. The molecule has 4 heteroatoms. The Labute approximate surface area is 117 Å².